The number of amides is 2. The molecule has 1 aliphatic heterocycles. The number of ether oxygens (including phenoxy) is 1. The van der Waals surface area contributed by atoms with E-state index in [0.717, 1.165) is 0 Å². The average Bonchev–Trinajstić information content (AvgIpc) is 2.97. The van der Waals surface area contributed by atoms with E-state index in [9.17, 15) is 14.7 Å². The summed E-state index contributed by atoms with van der Waals surface area (Å²) in [6.45, 7) is 12.3. The number of nitrogens with one attached hydrogen (secondary N) is 1. The van der Waals surface area contributed by atoms with Crippen molar-refractivity contribution in [3.05, 3.63) is 28.0 Å². The van der Waals surface area contributed by atoms with Gasteiger partial charge in [-0.05, 0) is 53.7 Å². The monoisotopic (exact) mass is 513 g/mol. The maximum absolute atomic E-state index is 12.9. The van der Waals surface area contributed by atoms with Gasteiger partial charge in [-0.3, -0.25) is 15.0 Å². The summed E-state index contributed by atoms with van der Waals surface area (Å²) in [6, 6.07) is 3.38. The topological polar surface area (TPSA) is 99.9 Å². The summed E-state index contributed by atoms with van der Waals surface area (Å²) in [5.74, 6) is 0.377. The largest absolute Gasteiger partial charge is 0.444 e. The van der Waals surface area contributed by atoms with Gasteiger partial charge in [0.05, 0.1) is 34.2 Å². The SMILES string of the molecule is CC(C)(C)NC(O)Cn1c(CN2CCN(C(=O)OC(C)(C)C)CC2=O)nc2cc(Cl)c(Cl)cc21. The van der Waals surface area contributed by atoms with E-state index in [0.29, 0.717) is 40.0 Å². The van der Waals surface area contributed by atoms with Crippen LogP contribution in [0.15, 0.2) is 12.1 Å². The number of halogens is 2. The maximum Gasteiger partial charge on any atom is 0.410 e. The number of benzene rings is 1. The molecule has 1 aromatic heterocycles. The molecule has 1 atom stereocenters. The lowest BCUT2D eigenvalue weighted by molar-refractivity contribution is -0.136. The van der Waals surface area contributed by atoms with Crippen molar-refractivity contribution in [1.82, 2.24) is 24.7 Å². The molecule has 9 nitrogen and oxygen atoms in total. The summed E-state index contributed by atoms with van der Waals surface area (Å²) < 4.78 is 7.23. The summed E-state index contributed by atoms with van der Waals surface area (Å²) >= 11 is 12.4. The van der Waals surface area contributed by atoms with Crippen molar-refractivity contribution in [3.63, 3.8) is 0 Å². The fourth-order valence-electron chi connectivity index (χ4n) is 3.74. The lowest BCUT2D eigenvalue weighted by Crippen LogP contribution is -2.53. The van der Waals surface area contributed by atoms with Crippen molar-refractivity contribution >= 4 is 46.2 Å². The maximum atomic E-state index is 12.9. The van der Waals surface area contributed by atoms with Crippen LogP contribution in [-0.2, 0) is 22.6 Å². The van der Waals surface area contributed by atoms with Crippen LogP contribution in [0.2, 0.25) is 10.0 Å². The Labute approximate surface area is 209 Å². The molecule has 0 aliphatic carbocycles. The Morgan fingerprint density at radius 3 is 2.41 bits per heavy atom. The van der Waals surface area contributed by atoms with Crippen molar-refractivity contribution in [3.8, 4) is 0 Å². The molecule has 2 aromatic rings. The van der Waals surface area contributed by atoms with Gasteiger partial charge in [-0.15, -0.1) is 0 Å². The minimum Gasteiger partial charge on any atom is -0.444 e. The number of fused-ring (bicyclic) bond motifs is 1. The number of piperazine rings is 1. The number of aliphatic hydroxyl groups is 1. The average molecular weight is 514 g/mol. The van der Waals surface area contributed by atoms with Gasteiger partial charge in [-0.1, -0.05) is 23.2 Å². The molecule has 0 radical (unpaired) electrons. The third-order valence-corrected chi connectivity index (χ3v) is 5.85. The minimum atomic E-state index is -0.856. The number of rotatable bonds is 5. The molecule has 0 spiro atoms. The van der Waals surface area contributed by atoms with Gasteiger partial charge in [0.1, 0.15) is 24.2 Å². The summed E-state index contributed by atoms with van der Waals surface area (Å²) in [5.41, 5.74) is 0.392. The normalized spacial score (nSPS) is 16.3. The van der Waals surface area contributed by atoms with E-state index in [-0.39, 0.29) is 31.1 Å². The zero-order chi connectivity index (χ0) is 25.4. The van der Waals surface area contributed by atoms with Crippen LogP contribution < -0.4 is 5.32 Å². The van der Waals surface area contributed by atoms with Gasteiger partial charge in [0.2, 0.25) is 5.91 Å². The fraction of sp³-hybridized carbons (Fsp3) is 0.609. The van der Waals surface area contributed by atoms with Gasteiger partial charge in [-0.25, -0.2) is 9.78 Å². The first-order chi connectivity index (χ1) is 15.6. The number of hydrogen-bond donors (Lipinski definition) is 2. The second-order valence-corrected chi connectivity index (χ2v) is 11.3. The van der Waals surface area contributed by atoms with E-state index in [1.54, 1.807) is 37.8 Å². The van der Waals surface area contributed by atoms with Crippen molar-refractivity contribution in [2.45, 2.75) is 72.0 Å². The number of imidazole rings is 1. The molecule has 1 unspecified atom stereocenters. The first kappa shape index (κ1) is 26.5. The van der Waals surface area contributed by atoms with E-state index in [1.807, 2.05) is 25.3 Å². The molecule has 3 rings (SSSR count). The Morgan fingerprint density at radius 2 is 1.82 bits per heavy atom. The number of aliphatic hydroxyl groups excluding tert-OH is 1. The third-order valence-electron chi connectivity index (χ3n) is 5.13. The summed E-state index contributed by atoms with van der Waals surface area (Å²) in [5, 5.41) is 14.5. The zero-order valence-corrected chi connectivity index (χ0v) is 22.0. The molecule has 2 amide bonds. The molecule has 1 fully saturated rings. The number of aromatic nitrogens is 2. The fourth-order valence-corrected chi connectivity index (χ4v) is 4.06. The first-order valence-electron chi connectivity index (χ1n) is 11.2. The third kappa shape index (κ3) is 6.75. The summed E-state index contributed by atoms with van der Waals surface area (Å²) in [4.78, 5) is 32.9. The molecular weight excluding hydrogens is 481 g/mol. The van der Waals surface area contributed by atoms with Crippen LogP contribution in [0.5, 0.6) is 0 Å². The molecule has 34 heavy (non-hydrogen) atoms. The van der Waals surface area contributed by atoms with Gasteiger partial charge in [0.25, 0.3) is 0 Å². The van der Waals surface area contributed by atoms with Crippen LogP contribution in [0.25, 0.3) is 11.0 Å². The lowest BCUT2D eigenvalue weighted by Gasteiger charge is -2.35. The van der Waals surface area contributed by atoms with E-state index in [1.165, 1.54) is 4.90 Å². The van der Waals surface area contributed by atoms with Gasteiger partial charge in [0, 0.05) is 18.6 Å². The quantitative estimate of drug-likeness (QED) is 0.592. The number of carbonyl (C=O) groups is 2. The second-order valence-electron chi connectivity index (χ2n) is 10.5. The van der Waals surface area contributed by atoms with E-state index in [2.05, 4.69) is 10.3 Å². The van der Waals surface area contributed by atoms with E-state index < -0.39 is 17.9 Å². The molecule has 11 heteroatoms. The Bertz CT molecular complexity index is 1070. The second kappa shape index (κ2) is 9.89. The predicted molar refractivity (Wildman–Crippen MR) is 132 cm³/mol. The van der Waals surface area contributed by atoms with Crippen LogP contribution in [0, 0.1) is 0 Å². The number of nitrogens with zero attached hydrogens (tertiary/aromatic N) is 4. The van der Waals surface area contributed by atoms with Gasteiger partial charge < -0.3 is 19.3 Å². The number of carbonyl (C=O) groups excluding carboxylic acids is 2. The summed E-state index contributed by atoms with van der Waals surface area (Å²) in [6.07, 6.45) is -1.36. The molecule has 188 valence electrons. The van der Waals surface area contributed by atoms with Crippen molar-refractivity contribution in [2.75, 3.05) is 19.6 Å². The molecule has 0 saturated carbocycles. The van der Waals surface area contributed by atoms with Crippen molar-refractivity contribution < 1.29 is 19.4 Å². The molecule has 2 N–H and O–H groups in total. The molecule has 0 bridgehead atoms. The summed E-state index contributed by atoms with van der Waals surface area (Å²) in [7, 11) is 0. The Hall–Kier alpha value is -2.07. The van der Waals surface area contributed by atoms with E-state index >= 15 is 0 Å². The van der Waals surface area contributed by atoms with Crippen LogP contribution in [0.3, 0.4) is 0 Å². The van der Waals surface area contributed by atoms with Crippen LogP contribution in [0.4, 0.5) is 4.79 Å². The standard InChI is InChI=1S/C23H33Cl2N5O4/c1-22(2,3)27-19(31)12-30-17-10-15(25)14(24)9-16(17)26-18(30)11-28-7-8-29(13-20(28)32)21(33)34-23(4,5)6/h9-10,19,27,31H,7-8,11-13H2,1-6H3. The molecule has 2 heterocycles. The van der Waals surface area contributed by atoms with E-state index in [4.69, 9.17) is 27.9 Å². The first-order valence-corrected chi connectivity index (χ1v) is 11.9. The Kier molecular flexibility index (Phi) is 7.72. The molecule has 1 saturated heterocycles. The highest BCUT2D eigenvalue weighted by Gasteiger charge is 2.31. The van der Waals surface area contributed by atoms with Crippen LogP contribution in [-0.4, -0.2) is 73.5 Å². The van der Waals surface area contributed by atoms with Crippen LogP contribution in [0.1, 0.15) is 47.4 Å². The van der Waals surface area contributed by atoms with Gasteiger partial charge in [-0.2, -0.15) is 0 Å². The Morgan fingerprint density at radius 1 is 1.18 bits per heavy atom. The minimum absolute atomic E-state index is 0.0684. The van der Waals surface area contributed by atoms with Crippen LogP contribution >= 0.6 is 23.2 Å². The molecular formula is C23H33Cl2N5O4. The van der Waals surface area contributed by atoms with Gasteiger partial charge >= 0.3 is 6.09 Å². The molecule has 1 aliphatic rings. The Balaban J connectivity index is 1.82. The number of hydrogen-bond acceptors (Lipinski definition) is 6. The van der Waals surface area contributed by atoms with Crippen molar-refractivity contribution in [1.29, 1.82) is 0 Å². The van der Waals surface area contributed by atoms with Crippen molar-refractivity contribution in [2.24, 2.45) is 0 Å². The highest BCUT2D eigenvalue weighted by molar-refractivity contribution is 6.42. The predicted octanol–water partition coefficient (Wildman–Crippen LogP) is 3.63. The highest BCUT2D eigenvalue weighted by atomic mass is 35.5. The smallest absolute Gasteiger partial charge is 0.410 e. The zero-order valence-electron chi connectivity index (χ0n) is 20.5. The lowest BCUT2D eigenvalue weighted by atomic mass is 10.1. The molecule has 1 aromatic carbocycles. The highest BCUT2D eigenvalue weighted by Crippen LogP contribution is 2.29. The van der Waals surface area contributed by atoms with Gasteiger partial charge in [0.15, 0.2) is 0 Å².